The van der Waals surface area contributed by atoms with Gasteiger partial charge in [-0.05, 0) is 25.1 Å². The van der Waals surface area contributed by atoms with Crippen LogP contribution in [-0.4, -0.2) is 14.5 Å². The van der Waals surface area contributed by atoms with Gasteiger partial charge in [0.25, 0.3) is 0 Å². The molecule has 0 radical (unpaired) electrons. The molecule has 0 unspecified atom stereocenters. The van der Waals surface area contributed by atoms with Crippen LogP contribution in [0.4, 0.5) is 0 Å². The molecule has 0 bridgehead atoms. The van der Waals surface area contributed by atoms with Crippen LogP contribution in [0.3, 0.4) is 0 Å². The Morgan fingerprint density at radius 3 is 2.61 bits per heavy atom. The molecule has 0 saturated heterocycles. The van der Waals surface area contributed by atoms with Crippen molar-refractivity contribution < 1.29 is 0 Å². The van der Waals surface area contributed by atoms with Gasteiger partial charge in [-0.1, -0.05) is 35.9 Å². The molecule has 4 aromatic rings. The van der Waals surface area contributed by atoms with E-state index in [1.165, 1.54) is 0 Å². The van der Waals surface area contributed by atoms with Crippen molar-refractivity contribution in [1.82, 2.24) is 14.5 Å². The van der Waals surface area contributed by atoms with Gasteiger partial charge in [0.2, 0.25) is 0 Å². The summed E-state index contributed by atoms with van der Waals surface area (Å²) in [6.45, 7) is 2.02. The maximum atomic E-state index is 9.35. The zero-order valence-corrected chi connectivity index (χ0v) is 12.5. The van der Waals surface area contributed by atoms with Crippen LogP contribution in [0, 0.1) is 23.7 Å². The highest BCUT2D eigenvalue weighted by molar-refractivity contribution is 6.04. The fourth-order valence-electron chi connectivity index (χ4n) is 2.80. The molecule has 0 atom stereocenters. The summed E-state index contributed by atoms with van der Waals surface area (Å²) in [7, 11) is 0. The monoisotopic (exact) mass is 299 g/mol. The molecule has 2 heterocycles. The molecule has 0 spiro atoms. The molecule has 0 aliphatic heterocycles. The van der Waals surface area contributed by atoms with Crippen LogP contribution in [0.1, 0.15) is 11.3 Å². The Labute approximate surface area is 132 Å². The Hall–Kier alpha value is -3.39. The van der Waals surface area contributed by atoms with Crippen molar-refractivity contribution in [2.75, 3.05) is 0 Å². The number of hydrogen-bond donors (Lipinski definition) is 2. The van der Waals surface area contributed by atoms with E-state index in [2.05, 4.69) is 9.97 Å². The average Bonchev–Trinajstić information content (AvgIpc) is 2.93. The van der Waals surface area contributed by atoms with Gasteiger partial charge in [-0.3, -0.25) is 9.98 Å². The number of nitrogens with zero attached hydrogens (tertiary/aromatic N) is 3. The van der Waals surface area contributed by atoms with Crippen molar-refractivity contribution >= 4 is 22.1 Å². The van der Waals surface area contributed by atoms with Gasteiger partial charge in [0, 0.05) is 16.6 Å². The summed E-state index contributed by atoms with van der Waals surface area (Å²) in [5, 5.41) is 18.6. The molecule has 0 saturated carbocycles. The average molecular weight is 299 g/mol. The number of benzene rings is 2. The van der Waals surface area contributed by atoms with Crippen molar-refractivity contribution in [1.29, 1.82) is 10.7 Å². The van der Waals surface area contributed by atoms with Gasteiger partial charge in [0.15, 0.2) is 11.2 Å². The van der Waals surface area contributed by atoms with E-state index in [0.717, 1.165) is 27.8 Å². The Kier molecular flexibility index (Phi) is 2.78. The third-order valence-electron chi connectivity index (χ3n) is 3.95. The number of nitrogens with one attached hydrogen (secondary N) is 2. The Morgan fingerprint density at radius 2 is 1.87 bits per heavy atom. The van der Waals surface area contributed by atoms with Gasteiger partial charge in [0.1, 0.15) is 17.2 Å². The zero-order chi connectivity index (χ0) is 16.0. The maximum absolute atomic E-state index is 9.35. The first-order chi connectivity index (χ1) is 11.2. The van der Waals surface area contributed by atoms with E-state index in [1.54, 1.807) is 4.57 Å². The molecule has 0 aliphatic rings. The molecule has 2 aromatic carbocycles. The highest BCUT2D eigenvalue weighted by Crippen LogP contribution is 2.24. The van der Waals surface area contributed by atoms with Gasteiger partial charge in [-0.15, -0.1) is 0 Å². The summed E-state index contributed by atoms with van der Waals surface area (Å²) >= 11 is 0. The number of aryl methyl sites for hydroxylation is 1. The van der Waals surface area contributed by atoms with E-state index in [-0.39, 0.29) is 11.2 Å². The lowest BCUT2D eigenvalue weighted by atomic mass is 10.2. The number of H-pyrrole nitrogens is 1. The number of aromatic amines is 1. The van der Waals surface area contributed by atoms with E-state index in [4.69, 9.17) is 5.41 Å². The molecule has 2 N–H and O–H groups in total. The minimum Gasteiger partial charge on any atom is -0.339 e. The van der Waals surface area contributed by atoms with Gasteiger partial charge >= 0.3 is 0 Å². The Balaban J connectivity index is 2.21. The standard InChI is InChI=1S/C18H13N5/c1-11-6-8-12(9-7-11)23-17(20)15(10-19)21-16-13-4-2-3-5-14(13)22-18(16)23/h2-9,20,22H,1H3. The molecular formula is C18H13N5. The minimum atomic E-state index is 0.0791. The number of rotatable bonds is 1. The van der Waals surface area contributed by atoms with E-state index in [1.807, 2.05) is 61.5 Å². The van der Waals surface area contributed by atoms with E-state index < -0.39 is 0 Å². The smallest absolute Gasteiger partial charge is 0.184 e. The molecule has 4 rings (SSSR count). The third-order valence-corrected chi connectivity index (χ3v) is 3.95. The number of para-hydroxylation sites is 1. The van der Waals surface area contributed by atoms with Crippen LogP contribution in [0.2, 0.25) is 0 Å². The van der Waals surface area contributed by atoms with Crippen LogP contribution in [-0.2, 0) is 0 Å². The quantitative estimate of drug-likeness (QED) is 0.566. The fourth-order valence-corrected chi connectivity index (χ4v) is 2.80. The first-order valence-corrected chi connectivity index (χ1v) is 7.24. The van der Waals surface area contributed by atoms with Crippen molar-refractivity contribution in [2.45, 2.75) is 6.92 Å². The molecule has 5 nitrogen and oxygen atoms in total. The second kappa shape index (κ2) is 4.82. The first-order valence-electron chi connectivity index (χ1n) is 7.24. The number of fused-ring (bicyclic) bond motifs is 3. The molecule has 0 fully saturated rings. The van der Waals surface area contributed by atoms with Crippen LogP contribution < -0.4 is 5.49 Å². The van der Waals surface area contributed by atoms with Crippen LogP contribution in [0.25, 0.3) is 27.8 Å². The second-order valence-corrected chi connectivity index (χ2v) is 5.46. The molecule has 5 heteroatoms. The second-order valence-electron chi connectivity index (χ2n) is 5.46. The van der Waals surface area contributed by atoms with Crippen molar-refractivity contribution in [3.63, 3.8) is 0 Å². The topological polar surface area (TPSA) is 81.2 Å². The summed E-state index contributed by atoms with van der Waals surface area (Å²) in [5.74, 6) is 0. The van der Waals surface area contributed by atoms with E-state index >= 15 is 0 Å². The van der Waals surface area contributed by atoms with Crippen molar-refractivity contribution in [3.05, 3.63) is 65.3 Å². The van der Waals surface area contributed by atoms with Gasteiger partial charge in [-0.2, -0.15) is 5.26 Å². The first kappa shape index (κ1) is 13.3. The van der Waals surface area contributed by atoms with Crippen LogP contribution >= 0.6 is 0 Å². The Morgan fingerprint density at radius 1 is 1.13 bits per heavy atom. The Bertz CT molecular complexity index is 1140. The van der Waals surface area contributed by atoms with Gasteiger partial charge < -0.3 is 4.98 Å². The number of hydrogen-bond acceptors (Lipinski definition) is 3. The normalized spacial score (nSPS) is 11.0. The summed E-state index contributed by atoms with van der Waals surface area (Å²) in [6.07, 6.45) is 0. The summed E-state index contributed by atoms with van der Waals surface area (Å²) in [6, 6.07) is 17.7. The number of nitriles is 1. The SMILES string of the molecule is Cc1ccc(-n2c(=N)c(C#N)nc3c4ccccc4[nH]c32)cc1. The predicted molar refractivity (Wildman–Crippen MR) is 88.2 cm³/mol. The molecule has 110 valence electrons. The lowest BCUT2D eigenvalue weighted by Gasteiger charge is -2.09. The largest absolute Gasteiger partial charge is 0.339 e. The van der Waals surface area contributed by atoms with Crippen LogP contribution in [0.5, 0.6) is 0 Å². The maximum Gasteiger partial charge on any atom is 0.184 e. The van der Waals surface area contributed by atoms with Crippen molar-refractivity contribution in [2.24, 2.45) is 0 Å². The summed E-state index contributed by atoms with van der Waals surface area (Å²) in [4.78, 5) is 7.71. The van der Waals surface area contributed by atoms with E-state index in [0.29, 0.717) is 5.52 Å². The fraction of sp³-hybridized carbons (Fsp3) is 0.0556. The van der Waals surface area contributed by atoms with E-state index in [9.17, 15) is 5.26 Å². The molecule has 23 heavy (non-hydrogen) atoms. The van der Waals surface area contributed by atoms with Crippen LogP contribution in [0.15, 0.2) is 48.5 Å². The molecule has 2 aromatic heterocycles. The zero-order valence-electron chi connectivity index (χ0n) is 12.5. The minimum absolute atomic E-state index is 0.0791. The van der Waals surface area contributed by atoms with Gasteiger partial charge in [0.05, 0.1) is 0 Å². The summed E-state index contributed by atoms with van der Waals surface area (Å²) < 4.78 is 1.74. The molecular weight excluding hydrogens is 286 g/mol. The van der Waals surface area contributed by atoms with Crippen molar-refractivity contribution in [3.8, 4) is 11.8 Å². The number of aromatic nitrogens is 3. The molecule has 0 amide bonds. The highest BCUT2D eigenvalue weighted by atomic mass is 15.1. The third kappa shape index (κ3) is 1.93. The predicted octanol–water partition coefficient (Wildman–Crippen LogP) is 3.17. The highest BCUT2D eigenvalue weighted by Gasteiger charge is 2.14. The lowest BCUT2D eigenvalue weighted by molar-refractivity contribution is 0.921. The molecule has 0 aliphatic carbocycles. The van der Waals surface area contributed by atoms with Gasteiger partial charge in [-0.25, -0.2) is 4.98 Å². The summed E-state index contributed by atoms with van der Waals surface area (Å²) in [5.41, 5.74) is 4.52. The lowest BCUT2D eigenvalue weighted by Crippen LogP contribution is -2.23.